The lowest BCUT2D eigenvalue weighted by atomic mass is 9.75. The van der Waals surface area contributed by atoms with E-state index < -0.39 is 0 Å². The third kappa shape index (κ3) is 4.27. The van der Waals surface area contributed by atoms with Crippen molar-refractivity contribution in [1.82, 2.24) is 9.97 Å². The van der Waals surface area contributed by atoms with Crippen molar-refractivity contribution >= 4 is 0 Å². The number of hydrogen-bond donors (Lipinski definition) is 0. The SMILES string of the molecule is CC1(C)c2ccc(C#N)cc2Oc2c(-c3ccc(-c4cc(-c5ccccc5)nc(-c5ccccc5)n4)o3)cccc21. The van der Waals surface area contributed by atoms with Crippen molar-refractivity contribution in [2.75, 3.05) is 0 Å². The van der Waals surface area contributed by atoms with Crippen molar-refractivity contribution in [2.24, 2.45) is 0 Å². The van der Waals surface area contributed by atoms with Crippen LogP contribution in [0.25, 0.3) is 45.4 Å². The maximum Gasteiger partial charge on any atom is 0.160 e. The van der Waals surface area contributed by atoms with E-state index in [1.54, 1.807) is 0 Å². The Morgan fingerprint density at radius 2 is 1.37 bits per heavy atom. The van der Waals surface area contributed by atoms with Gasteiger partial charge in [-0.05, 0) is 36.4 Å². The van der Waals surface area contributed by atoms with E-state index in [-0.39, 0.29) is 5.41 Å². The molecule has 0 N–H and O–H groups in total. The Balaban J connectivity index is 1.34. The zero-order valence-electron chi connectivity index (χ0n) is 22.6. The summed E-state index contributed by atoms with van der Waals surface area (Å²) in [6, 6.07) is 39.9. The number of rotatable bonds is 4. The maximum absolute atomic E-state index is 9.46. The number of nitriles is 1. The highest BCUT2D eigenvalue weighted by Crippen LogP contribution is 2.51. The minimum Gasteiger partial charge on any atom is -0.456 e. The molecule has 0 bridgehead atoms. The normalized spacial score (nSPS) is 13.0. The monoisotopic (exact) mass is 531 g/mol. The third-order valence-corrected chi connectivity index (χ3v) is 7.64. The number of fused-ring (bicyclic) bond motifs is 2. The molecule has 5 nitrogen and oxygen atoms in total. The van der Waals surface area contributed by atoms with Gasteiger partial charge in [-0.15, -0.1) is 0 Å². The van der Waals surface area contributed by atoms with E-state index in [9.17, 15) is 5.26 Å². The molecular weight excluding hydrogens is 506 g/mol. The molecule has 0 aliphatic carbocycles. The fourth-order valence-corrected chi connectivity index (χ4v) is 5.45. The number of aromatic nitrogens is 2. The van der Waals surface area contributed by atoms with Gasteiger partial charge in [-0.3, -0.25) is 0 Å². The van der Waals surface area contributed by atoms with Gasteiger partial charge in [0, 0.05) is 27.7 Å². The second-order valence-electron chi connectivity index (χ2n) is 10.6. The zero-order valence-corrected chi connectivity index (χ0v) is 22.6. The van der Waals surface area contributed by atoms with Crippen LogP contribution in [-0.2, 0) is 5.41 Å². The standard InChI is InChI=1S/C36H25N3O2/c1-36(2)27-17-16-23(22-37)20-33(27)41-34-26(14-9-15-28(34)36)31-18-19-32(40-31)30-21-29(24-10-5-3-6-11-24)38-35(39-30)25-12-7-4-8-13-25/h3-21H,1-2H3. The highest BCUT2D eigenvalue weighted by Gasteiger charge is 2.36. The molecule has 1 aliphatic rings. The van der Waals surface area contributed by atoms with Crippen LogP contribution < -0.4 is 4.74 Å². The van der Waals surface area contributed by atoms with Crippen molar-refractivity contribution in [2.45, 2.75) is 19.3 Å². The number of para-hydroxylation sites is 1. The van der Waals surface area contributed by atoms with Crippen molar-refractivity contribution in [3.8, 4) is 63.0 Å². The van der Waals surface area contributed by atoms with Gasteiger partial charge in [0.05, 0.1) is 22.9 Å². The van der Waals surface area contributed by atoms with Crippen LogP contribution in [0.5, 0.6) is 11.5 Å². The smallest absolute Gasteiger partial charge is 0.160 e. The molecule has 0 saturated heterocycles. The van der Waals surface area contributed by atoms with Gasteiger partial charge in [0.15, 0.2) is 11.6 Å². The number of furan rings is 1. The lowest BCUT2D eigenvalue weighted by Gasteiger charge is -2.35. The molecule has 0 spiro atoms. The minimum absolute atomic E-state index is 0.315. The molecule has 4 aromatic carbocycles. The second-order valence-corrected chi connectivity index (χ2v) is 10.6. The summed E-state index contributed by atoms with van der Waals surface area (Å²) in [6.07, 6.45) is 0. The van der Waals surface area contributed by atoms with Gasteiger partial charge in [-0.1, -0.05) is 92.7 Å². The number of benzene rings is 4. The molecule has 41 heavy (non-hydrogen) atoms. The summed E-state index contributed by atoms with van der Waals surface area (Å²) in [5.41, 5.74) is 6.64. The molecule has 0 amide bonds. The maximum atomic E-state index is 9.46. The number of hydrogen-bond acceptors (Lipinski definition) is 5. The second kappa shape index (κ2) is 9.62. The Labute approximate surface area is 238 Å². The number of nitrogens with zero attached hydrogens (tertiary/aromatic N) is 3. The van der Waals surface area contributed by atoms with E-state index in [0.717, 1.165) is 39.3 Å². The van der Waals surface area contributed by atoms with Crippen LogP contribution in [0.2, 0.25) is 0 Å². The molecular formula is C36H25N3O2. The van der Waals surface area contributed by atoms with Crippen LogP contribution in [0.4, 0.5) is 0 Å². The first-order valence-electron chi connectivity index (χ1n) is 13.5. The molecule has 7 rings (SSSR count). The summed E-state index contributed by atoms with van der Waals surface area (Å²) >= 11 is 0. The van der Waals surface area contributed by atoms with Crippen LogP contribution in [0.15, 0.2) is 120 Å². The van der Waals surface area contributed by atoms with Gasteiger partial charge in [-0.2, -0.15) is 5.26 Å². The topological polar surface area (TPSA) is 71.9 Å². The first kappa shape index (κ1) is 24.6. The van der Waals surface area contributed by atoms with Crippen molar-refractivity contribution in [1.29, 1.82) is 5.26 Å². The van der Waals surface area contributed by atoms with E-state index in [1.165, 1.54) is 0 Å². The first-order valence-corrected chi connectivity index (χ1v) is 13.5. The van der Waals surface area contributed by atoms with Gasteiger partial charge in [-0.25, -0.2) is 9.97 Å². The lowest BCUT2D eigenvalue weighted by molar-refractivity contribution is 0.418. The summed E-state index contributed by atoms with van der Waals surface area (Å²) in [6.45, 7) is 4.35. The molecule has 0 fully saturated rings. The number of ether oxygens (including phenoxy) is 1. The predicted molar refractivity (Wildman–Crippen MR) is 159 cm³/mol. The zero-order chi connectivity index (χ0) is 28.0. The summed E-state index contributed by atoms with van der Waals surface area (Å²) in [4.78, 5) is 9.78. The van der Waals surface area contributed by atoms with E-state index >= 15 is 0 Å². The molecule has 0 unspecified atom stereocenters. The van der Waals surface area contributed by atoms with E-state index in [1.807, 2.05) is 109 Å². The fraction of sp³-hybridized carbons (Fsp3) is 0.0833. The molecule has 2 aromatic heterocycles. The minimum atomic E-state index is -0.315. The average molecular weight is 532 g/mol. The molecule has 5 heteroatoms. The fourth-order valence-electron chi connectivity index (χ4n) is 5.45. The third-order valence-electron chi connectivity index (χ3n) is 7.64. The molecule has 6 aromatic rings. The van der Waals surface area contributed by atoms with E-state index in [2.05, 4.69) is 26.0 Å². The molecule has 0 radical (unpaired) electrons. The summed E-state index contributed by atoms with van der Waals surface area (Å²) in [5, 5.41) is 9.46. The van der Waals surface area contributed by atoms with Crippen LogP contribution in [0.1, 0.15) is 30.5 Å². The van der Waals surface area contributed by atoms with Crippen molar-refractivity contribution in [3.63, 3.8) is 0 Å². The summed E-state index contributed by atoms with van der Waals surface area (Å²) < 4.78 is 13.0. The Morgan fingerprint density at radius 3 is 2.12 bits per heavy atom. The van der Waals surface area contributed by atoms with E-state index in [0.29, 0.717) is 34.4 Å². The Bertz CT molecular complexity index is 1890. The van der Waals surface area contributed by atoms with Gasteiger partial charge in [0.2, 0.25) is 0 Å². The van der Waals surface area contributed by atoms with Gasteiger partial charge < -0.3 is 9.15 Å². The van der Waals surface area contributed by atoms with Gasteiger partial charge in [0.1, 0.15) is 23.0 Å². The lowest BCUT2D eigenvalue weighted by Crippen LogP contribution is -2.24. The molecule has 0 saturated carbocycles. The summed E-state index contributed by atoms with van der Waals surface area (Å²) in [7, 11) is 0. The Morgan fingerprint density at radius 1 is 0.659 bits per heavy atom. The Kier molecular flexibility index (Phi) is 5.76. The van der Waals surface area contributed by atoms with Crippen molar-refractivity contribution in [3.05, 3.63) is 132 Å². The quantitative estimate of drug-likeness (QED) is 0.227. The van der Waals surface area contributed by atoms with Crippen LogP contribution >= 0.6 is 0 Å². The summed E-state index contributed by atoms with van der Waals surface area (Å²) in [5.74, 6) is 3.37. The van der Waals surface area contributed by atoms with Gasteiger partial charge >= 0.3 is 0 Å². The average Bonchev–Trinajstić information content (AvgIpc) is 3.52. The molecule has 3 heterocycles. The van der Waals surface area contributed by atoms with Crippen LogP contribution in [0, 0.1) is 11.3 Å². The highest BCUT2D eigenvalue weighted by molar-refractivity contribution is 5.76. The van der Waals surface area contributed by atoms with Gasteiger partial charge in [0.25, 0.3) is 0 Å². The first-order chi connectivity index (χ1) is 20.0. The highest BCUT2D eigenvalue weighted by atomic mass is 16.5. The Hall–Kier alpha value is -5.47. The van der Waals surface area contributed by atoms with Crippen molar-refractivity contribution < 1.29 is 9.15 Å². The largest absolute Gasteiger partial charge is 0.456 e. The molecule has 0 atom stereocenters. The van der Waals surface area contributed by atoms with Crippen LogP contribution in [0.3, 0.4) is 0 Å². The predicted octanol–water partition coefficient (Wildman–Crippen LogP) is 9.04. The van der Waals surface area contributed by atoms with Crippen LogP contribution in [-0.4, -0.2) is 9.97 Å². The molecule has 1 aliphatic heterocycles. The van der Waals surface area contributed by atoms with E-state index in [4.69, 9.17) is 19.1 Å². The molecule has 196 valence electrons.